The minimum Gasteiger partial charge on any atom is -0.442 e. The summed E-state index contributed by atoms with van der Waals surface area (Å²) >= 11 is 5.64. The zero-order valence-electron chi connectivity index (χ0n) is 12.2. The summed E-state index contributed by atoms with van der Waals surface area (Å²) in [5.41, 5.74) is -0.696. The van der Waals surface area contributed by atoms with E-state index in [9.17, 15) is 9.59 Å². The normalized spacial score (nSPS) is 11.1. The van der Waals surface area contributed by atoms with Crippen LogP contribution < -0.4 is 5.84 Å². The zero-order valence-corrected chi connectivity index (χ0v) is 13.9. The Morgan fingerprint density at radius 2 is 2.14 bits per heavy atom. The van der Waals surface area contributed by atoms with Crippen molar-refractivity contribution in [2.24, 2.45) is 5.84 Å². The molecule has 0 aromatic carbocycles. The summed E-state index contributed by atoms with van der Waals surface area (Å²) in [4.78, 5) is 28.3. The van der Waals surface area contributed by atoms with Crippen LogP contribution in [-0.2, 0) is 9.53 Å². The molecule has 2 N–H and O–H groups in total. The Morgan fingerprint density at radius 1 is 1.48 bits per heavy atom. The van der Waals surface area contributed by atoms with Gasteiger partial charge in [0.2, 0.25) is 5.91 Å². The lowest BCUT2D eigenvalue weighted by Gasteiger charge is -2.23. The van der Waals surface area contributed by atoms with Crippen LogP contribution in [0.5, 0.6) is 0 Å². The lowest BCUT2D eigenvalue weighted by molar-refractivity contribution is -0.130. The minimum absolute atomic E-state index is 0.101. The molecular weight excluding hydrogens is 310 g/mol. The Morgan fingerprint density at radius 3 is 2.71 bits per heavy atom. The van der Waals surface area contributed by atoms with Crippen molar-refractivity contribution >= 4 is 36.4 Å². The molecule has 2 amide bonds. The van der Waals surface area contributed by atoms with E-state index in [4.69, 9.17) is 10.6 Å². The summed E-state index contributed by atoms with van der Waals surface area (Å²) in [7, 11) is 0. The number of hydrazine groups is 1. The van der Waals surface area contributed by atoms with Gasteiger partial charge in [-0.2, -0.15) is 5.01 Å². The highest BCUT2D eigenvalue weighted by Gasteiger charge is 2.24. The number of nitrogens with two attached hydrogens (primary N) is 1. The van der Waals surface area contributed by atoms with Crippen molar-refractivity contribution in [3.63, 3.8) is 0 Å². The van der Waals surface area contributed by atoms with Crippen molar-refractivity contribution in [1.29, 1.82) is 0 Å². The number of pyridine rings is 1. The van der Waals surface area contributed by atoms with Crippen LogP contribution in [0.15, 0.2) is 28.3 Å². The number of amides is 2. The van der Waals surface area contributed by atoms with Gasteiger partial charge in [-0.3, -0.25) is 4.79 Å². The predicted molar refractivity (Wildman–Crippen MR) is 84.1 cm³/mol. The molecule has 1 aromatic rings. The number of ether oxygens (including phenoxy) is 1. The van der Waals surface area contributed by atoms with Crippen molar-refractivity contribution in [3.05, 3.63) is 18.3 Å². The largest absolute Gasteiger partial charge is 0.442 e. The Kier molecular flexibility index (Phi) is 6.50. The van der Waals surface area contributed by atoms with Gasteiger partial charge in [-0.05, 0) is 32.9 Å². The highest BCUT2D eigenvalue weighted by molar-refractivity contribution is 7.99. The minimum atomic E-state index is -0.856. The van der Waals surface area contributed by atoms with Crippen molar-refractivity contribution in [3.8, 4) is 0 Å². The maximum absolute atomic E-state index is 11.8. The third-order valence-electron chi connectivity index (χ3n) is 2.16. The van der Waals surface area contributed by atoms with Gasteiger partial charge in [0.15, 0.2) is 0 Å². The molecule has 1 heterocycles. The third-order valence-corrected chi connectivity index (χ3v) is 3.68. The van der Waals surface area contributed by atoms with Crippen LogP contribution in [0, 0.1) is 0 Å². The molecule has 0 spiro atoms. The number of thiol groups is 1. The number of aromatic nitrogens is 1. The van der Waals surface area contributed by atoms with E-state index in [1.165, 1.54) is 11.8 Å². The van der Waals surface area contributed by atoms with E-state index in [0.717, 1.165) is 9.92 Å². The second-order valence-corrected chi connectivity index (χ2v) is 6.74. The van der Waals surface area contributed by atoms with Gasteiger partial charge in [-0.1, -0.05) is 0 Å². The average Bonchev–Trinajstić information content (AvgIpc) is 2.38. The maximum atomic E-state index is 11.8. The first-order valence-electron chi connectivity index (χ1n) is 6.28. The topological polar surface area (TPSA) is 85.5 Å². The molecule has 0 atom stereocenters. The Bertz CT molecular complexity index is 518. The Labute approximate surface area is 133 Å². The van der Waals surface area contributed by atoms with Crippen LogP contribution in [0.25, 0.3) is 0 Å². The van der Waals surface area contributed by atoms with Gasteiger partial charge in [0.1, 0.15) is 10.6 Å². The molecule has 21 heavy (non-hydrogen) atoms. The molecule has 0 aliphatic carbocycles. The number of thioether (sulfide) groups is 1. The summed E-state index contributed by atoms with van der Waals surface area (Å²) in [5.74, 6) is 5.38. The molecule has 116 valence electrons. The molecule has 1 rings (SSSR count). The highest BCUT2D eigenvalue weighted by Crippen LogP contribution is 2.23. The highest BCUT2D eigenvalue weighted by atomic mass is 32.2. The number of hydrogen-bond acceptors (Lipinski definition) is 7. The molecule has 0 saturated carbocycles. The van der Waals surface area contributed by atoms with E-state index < -0.39 is 17.6 Å². The van der Waals surface area contributed by atoms with Gasteiger partial charge in [0.25, 0.3) is 0 Å². The molecule has 0 radical (unpaired) electrons. The van der Waals surface area contributed by atoms with E-state index >= 15 is 0 Å². The first kappa shape index (κ1) is 17.8. The smallest absolute Gasteiger partial charge is 0.431 e. The van der Waals surface area contributed by atoms with Gasteiger partial charge in [0, 0.05) is 23.3 Å². The summed E-state index contributed by atoms with van der Waals surface area (Å²) in [5, 5.41) is 1.24. The van der Waals surface area contributed by atoms with Crippen LogP contribution in [0.1, 0.15) is 27.2 Å². The van der Waals surface area contributed by atoms with E-state index in [-0.39, 0.29) is 6.42 Å². The zero-order chi connectivity index (χ0) is 16.0. The number of carbonyl (C=O) groups excluding carboxylic acids is 2. The monoisotopic (exact) mass is 329 g/mol. The molecule has 0 bridgehead atoms. The molecule has 1 aromatic heterocycles. The number of nitrogens with zero attached hydrogens (tertiary/aromatic N) is 2. The summed E-state index contributed by atoms with van der Waals surface area (Å²) in [6.07, 6.45) is 0.898. The first-order valence-corrected chi connectivity index (χ1v) is 7.71. The SMILES string of the molecule is CC(C)(C)OC(=O)N(N)C(=O)CCSc1ncccc1S. The third kappa shape index (κ3) is 6.36. The number of imide groups is 1. The molecule has 0 unspecified atom stereocenters. The van der Waals surface area contributed by atoms with Gasteiger partial charge >= 0.3 is 6.09 Å². The fourth-order valence-corrected chi connectivity index (χ4v) is 2.42. The van der Waals surface area contributed by atoms with Crippen molar-refractivity contribution in [2.75, 3.05) is 5.75 Å². The Hall–Kier alpha value is -1.25. The Balaban J connectivity index is 2.43. The second kappa shape index (κ2) is 7.67. The quantitative estimate of drug-likeness (QED) is 0.290. The fourth-order valence-electron chi connectivity index (χ4n) is 1.26. The van der Waals surface area contributed by atoms with Crippen molar-refractivity contribution in [2.45, 2.75) is 42.7 Å². The van der Waals surface area contributed by atoms with E-state index in [0.29, 0.717) is 10.8 Å². The van der Waals surface area contributed by atoms with E-state index in [2.05, 4.69) is 17.6 Å². The van der Waals surface area contributed by atoms with Crippen molar-refractivity contribution < 1.29 is 14.3 Å². The second-order valence-electron chi connectivity index (χ2n) is 5.17. The molecule has 0 aliphatic heterocycles. The maximum Gasteiger partial charge on any atom is 0.431 e. The van der Waals surface area contributed by atoms with Crippen LogP contribution in [0.3, 0.4) is 0 Å². The first-order chi connectivity index (χ1) is 9.70. The molecule has 8 heteroatoms. The molecule has 0 aliphatic rings. The van der Waals surface area contributed by atoms with Gasteiger partial charge in [-0.25, -0.2) is 15.6 Å². The number of carbonyl (C=O) groups is 2. The van der Waals surface area contributed by atoms with Crippen LogP contribution in [0.4, 0.5) is 4.79 Å². The van der Waals surface area contributed by atoms with Crippen molar-refractivity contribution in [1.82, 2.24) is 9.99 Å². The lowest BCUT2D eigenvalue weighted by Crippen LogP contribution is -2.45. The van der Waals surface area contributed by atoms with E-state index in [1.807, 2.05) is 6.07 Å². The van der Waals surface area contributed by atoms with Crippen LogP contribution >= 0.6 is 24.4 Å². The van der Waals surface area contributed by atoms with Gasteiger partial charge in [0.05, 0.1) is 0 Å². The lowest BCUT2D eigenvalue weighted by atomic mass is 10.2. The summed E-state index contributed by atoms with van der Waals surface area (Å²) in [6, 6.07) is 3.60. The average molecular weight is 329 g/mol. The summed E-state index contributed by atoms with van der Waals surface area (Å²) < 4.78 is 5.01. The van der Waals surface area contributed by atoms with Crippen LogP contribution in [0.2, 0.25) is 0 Å². The molecule has 0 saturated heterocycles. The molecule has 6 nitrogen and oxygen atoms in total. The molecular formula is C13H19N3O3S2. The molecule has 0 fully saturated rings. The van der Waals surface area contributed by atoms with E-state index in [1.54, 1.807) is 33.0 Å². The number of rotatable bonds is 4. The van der Waals surface area contributed by atoms with Gasteiger partial charge < -0.3 is 4.74 Å². The van der Waals surface area contributed by atoms with Crippen LogP contribution in [-0.4, -0.2) is 33.3 Å². The standard InChI is InChI=1S/C13H19N3O3S2/c1-13(2,3)19-12(18)16(14)10(17)6-8-21-11-9(20)5-4-7-15-11/h4-5,7,20H,6,8,14H2,1-3H3. The predicted octanol–water partition coefficient (Wildman–Crippen LogP) is 2.49. The summed E-state index contributed by atoms with van der Waals surface area (Å²) in [6.45, 7) is 5.11. The van der Waals surface area contributed by atoms with Gasteiger partial charge in [-0.15, -0.1) is 24.4 Å². The number of hydrogen-bond donors (Lipinski definition) is 2. The fraction of sp³-hybridized carbons (Fsp3) is 0.462.